The van der Waals surface area contributed by atoms with E-state index < -0.39 is 0 Å². The fraction of sp³-hybridized carbons (Fsp3) is 0.692. The van der Waals surface area contributed by atoms with Crippen molar-refractivity contribution in [1.29, 1.82) is 0 Å². The Bertz CT molecular complexity index is 489. The van der Waals surface area contributed by atoms with E-state index >= 15 is 0 Å². The van der Waals surface area contributed by atoms with Crippen LogP contribution in [-0.2, 0) is 6.54 Å². The van der Waals surface area contributed by atoms with E-state index in [0.29, 0.717) is 16.4 Å². The van der Waals surface area contributed by atoms with Crippen LogP contribution in [0, 0.1) is 5.92 Å². The zero-order valence-corrected chi connectivity index (χ0v) is 12.7. The summed E-state index contributed by atoms with van der Waals surface area (Å²) < 4.78 is 1.76. The number of rotatable bonds is 4. The van der Waals surface area contributed by atoms with Crippen LogP contribution in [0.3, 0.4) is 0 Å². The van der Waals surface area contributed by atoms with Gasteiger partial charge in [0.05, 0.1) is 25.0 Å². The number of anilines is 1. The first-order valence-electron chi connectivity index (χ1n) is 6.76. The van der Waals surface area contributed by atoms with Crippen molar-refractivity contribution in [3.63, 3.8) is 0 Å². The SMILES string of the molecule is CC1CCCCC1Nc1cnn(CCO)c(=O)c1Br. The quantitative estimate of drug-likeness (QED) is 0.886. The minimum atomic E-state index is -0.206. The van der Waals surface area contributed by atoms with E-state index in [4.69, 9.17) is 5.11 Å². The Morgan fingerprint density at radius 2 is 2.26 bits per heavy atom. The number of halogens is 1. The first-order valence-corrected chi connectivity index (χ1v) is 7.55. The topological polar surface area (TPSA) is 67.2 Å². The average molecular weight is 330 g/mol. The van der Waals surface area contributed by atoms with Gasteiger partial charge < -0.3 is 10.4 Å². The second-order valence-corrected chi connectivity index (χ2v) is 5.93. The lowest BCUT2D eigenvalue weighted by Crippen LogP contribution is -2.32. The molecule has 0 aliphatic heterocycles. The van der Waals surface area contributed by atoms with Gasteiger partial charge in [0, 0.05) is 6.04 Å². The molecule has 0 aromatic carbocycles. The lowest BCUT2D eigenvalue weighted by atomic mass is 9.86. The largest absolute Gasteiger partial charge is 0.394 e. The van der Waals surface area contributed by atoms with Crippen molar-refractivity contribution in [3.05, 3.63) is 21.0 Å². The van der Waals surface area contributed by atoms with Crippen LogP contribution in [0.5, 0.6) is 0 Å². The van der Waals surface area contributed by atoms with Crippen LogP contribution in [0.2, 0.25) is 0 Å². The molecule has 1 aromatic heterocycles. The van der Waals surface area contributed by atoms with E-state index in [0.717, 1.165) is 12.1 Å². The van der Waals surface area contributed by atoms with Gasteiger partial charge in [-0.15, -0.1) is 0 Å². The third kappa shape index (κ3) is 3.36. The number of aliphatic hydroxyl groups is 1. The number of nitrogens with zero attached hydrogens (tertiary/aromatic N) is 2. The van der Waals surface area contributed by atoms with Crippen LogP contribution < -0.4 is 10.9 Å². The van der Waals surface area contributed by atoms with Crippen molar-refractivity contribution in [2.24, 2.45) is 5.92 Å². The number of hydrogen-bond acceptors (Lipinski definition) is 4. The van der Waals surface area contributed by atoms with E-state index in [9.17, 15) is 4.79 Å². The molecule has 1 aromatic rings. The van der Waals surface area contributed by atoms with Gasteiger partial charge in [-0.05, 0) is 34.7 Å². The van der Waals surface area contributed by atoms with Gasteiger partial charge in [0.2, 0.25) is 0 Å². The highest BCUT2D eigenvalue weighted by Gasteiger charge is 2.22. The maximum atomic E-state index is 12.0. The Labute approximate surface area is 121 Å². The molecular formula is C13H20BrN3O2. The molecule has 2 unspecified atom stereocenters. The average Bonchev–Trinajstić information content (AvgIpc) is 2.41. The van der Waals surface area contributed by atoms with Crippen molar-refractivity contribution in [1.82, 2.24) is 9.78 Å². The predicted molar refractivity (Wildman–Crippen MR) is 78.3 cm³/mol. The minimum absolute atomic E-state index is 0.0915. The predicted octanol–water partition coefficient (Wildman–Crippen LogP) is 1.99. The number of nitrogens with one attached hydrogen (secondary N) is 1. The summed E-state index contributed by atoms with van der Waals surface area (Å²) in [6.45, 7) is 2.37. The van der Waals surface area contributed by atoms with Crippen LogP contribution in [-0.4, -0.2) is 27.5 Å². The third-order valence-electron chi connectivity index (χ3n) is 3.75. The van der Waals surface area contributed by atoms with Gasteiger partial charge in [-0.25, -0.2) is 4.68 Å². The summed E-state index contributed by atoms with van der Waals surface area (Å²) in [5.74, 6) is 0.612. The molecule has 0 bridgehead atoms. The standard InChI is InChI=1S/C13H20BrN3O2/c1-9-4-2-3-5-10(9)16-11-8-15-17(6-7-18)13(19)12(11)14/h8-10,16,18H,2-7H2,1H3. The summed E-state index contributed by atoms with van der Waals surface area (Å²) in [6, 6.07) is 0.403. The third-order valence-corrected chi connectivity index (χ3v) is 4.52. The molecule has 1 heterocycles. The highest BCUT2D eigenvalue weighted by atomic mass is 79.9. The van der Waals surface area contributed by atoms with E-state index in [1.165, 1.54) is 23.9 Å². The smallest absolute Gasteiger partial charge is 0.283 e. The zero-order valence-electron chi connectivity index (χ0n) is 11.1. The molecular weight excluding hydrogens is 310 g/mol. The molecule has 6 heteroatoms. The summed E-state index contributed by atoms with van der Waals surface area (Å²) in [4.78, 5) is 12.0. The molecule has 2 N–H and O–H groups in total. The maximum Gasteiger partial charge on any atom is 0.283 e. The van der Waals surface area contributed by atoms with Crippen molar-refractivity contribution in [2.45, 2.75) is 45.2 Å². The van der Waals surface area contributed by atoms with Gasteiger partial charge in [0.15, 0.2) is 0 Å². The van der Waals surface area contributed by atoms with Gasteiger partial charge in [-0.2, -0.15) is 5.10 Å². The van der Waals surface area contributed by atoms with Gasteiger partial charge >= 0.3 is 0 Å². The Kier molecular flexibility index (Phi) is 4.99. The van der Waals surface area contributed by atoms with E-state index in [1.807, 2.05) is 0 Å². The molecule has 2 atom stereocenters. The van der Waals surface area contributed by atoms with E-state index in [2.05, 4.69) is 33.3 Å². The molecule has 0 amide bonds. The lowest BCUT2D eigenvalue weighted by molar-refractivity contribution is 0.266. The second kappa shape index (κ2) is 6.52. The molecule has 1 saturated carbocycles. The van der Waals surface area contributed by atoms with Crippen molar-refractivity contribution in [3.8, 4) is 0 Å². The molecule has 5 nitrogen and oxygen atoms in total. The van der Waals surface area contributed by atoms with E-state index in [-0.39, 0.29) is 18.7 Å². The van der Waals surface area contributed by atoms with Crippen LogP contribution >= 0.6 is 15.9 Å². The normalized spacial score (nSPS) is 23.3. The highest BCUT2D eigenvalue weighted by molar-refractivity contribution is 9.10. The molecule has 19 heavy (non-hydrogen) atoms. The fourth-order valence-corrected chi connectivity index (χ4v) is 2.97. The Morgan fingerprint density at radius 3 is 2.95 bits per heavy atom. The summed E-state index contributed by atoms with van der Waals surface area (Å²) in [5, 5.41) is 16.4. The van der Waals surface area contributed by atoms with Crippen molar-refractivity contribution >= 4 is 21.6 Å². The summed E-state index contributed by atoms with van der Waals surface area (Å²) in [7, 11) is 0. The van der Waals surface area contributed by atoms with Crippen molar-refractivity contribution in [2.75, 3.05) is 11.9 Å². The Morgan fingerprint density at radius 1 is 1.53 bits per heavy atom. The summed E-state index contributed by atoms with van der Waals surface area (Å²) >= 11 is 3.33. The fourth-order valence-electron chi connectivity index (χ4n) is 2.55. The Balaban J connectivity index is 2.16. The number of hydrogen-bond donors (Lipinski definition) is 2. The first kappa shape index (κ1) is 14.5. The summed E-state index contributed by atoms with van der Waals surface area (Å²) in [6.07, 6.45) is 6.53. The molecule has 106 valence electrons. The number of aromatic nitrogens is 2. The molecule has 1 aliphatic carbocycles. The second-order valence-electron chi connectivity index (χ2n) is 5.14. The minimum Gasteiger partial charge on any atom is -0.394 e. The molecule has 0 saturated heterocycles. The highest BCUT2D eigenvalue weighted by Crippen LogP contribution is 2.28. The molecule has 0 spiro atoms. The van der Waals surface area contributed by atoms with Crippen LogP contribution in [0.25, 0.3) is 0 Å². The van der Waals surface area contributed by atoms with Crippen LogP contribution in [0.15, 0.2) is 15.5 Å². The van der Waals surface area contributed by atoms with Gasteiger partial charge in [0.25, 0.3) is 5.56 Å². The van der Waals surface area contributed by atoms with Gasteiger partial charge in [0.1, 0.15) is 4.47 Å². The van der Waals surface area contributed by atoms with Gasteiger partial charge in [-0.1, -0.05) is 19.8 Å². The van der Waals surface area contributed by atoms with Crippen LogP contribution in [0.4, 0.5) is 5.69 Å². The van der Waals surface area contributed by atoms with Crippen molar-refractivity contribution < 1.29 is 5.11 Å². The lowest BCUT2D eigenvalue weighted by Gasteiger charge is -2.30. The van der Waals surface area contributed by atoms with E-state index in [1.54, 1.807) is 6.20 Å². The first-order chi connectivity index (χ1) is 9.13. The maximum absolute atomic E-state index is 12.0. The molecule has 1 fully saturated rings. The van der Waals surface area contributed by atoms with Gasteiger partial charge in [-0.3, -0.25) is 4.79 Å². The molecule has 1 aliphatic rings. The molecule has 0 radical (unpaired) electrons. The monoisotopic (exact) mass is 329 g/mol. The summed E-state index contributed by atoms with van der Waals surface area (Å²) in [5.41, 5.74) is 0.542. The number of aliphatic hydroxyl groups excluding tert-OH is 1. The Hall–Kier alpha value is -0.880. The van der Waals surface area contributed by atoms with Crippen LogP contribution in [0.1, 0.15) is 32.6 Å². The zero-order chi connectivity index (χ0) is 13.8. The molecule has 2 rings (SSSR count).